The number of tetrazole rings is 1. The lowest BCUT2D eigenvalue weighted by atomic mass is 10.1. The van der Waals surface area contributed by atoms with E-state index in [1.165, 1.54) is 5.56 Å². The zero-order valence-corrected chi connectivity index (χ0v) is 9.51. The second-order valence-electron chi connectivity index (χ2n) is 3.84. The third-order valence-corrected chi connectivity index (χ3v) is 2.49. The molecule has 1 aromatic carbocycles. The molecule has 16 heavy (non-hydrogen) atoms. The molecule has 5 heteroatoms. The van der Waals surface area contributed by atoms with Crippen molar-refractivity contribution in [2.75, 3.05) is 6.54 Å². The summed E-state index contributed by atoms with van der Waals surface area (Å²) in [6.07, 6.45) is 0.681. The molecule has 0 saturated heterocycles. The molecule has 84 valence electrons. The maximum atomic E-state index is 5.53. The summed E-state index contributed by atoms with van der Waals surface area (Å²) < 4.78 is 1.76. The van der Waals surface area contributed by atoms with Crippen molar-refractivity contribution in [3.05, 3.63) is 35.2 Å². The molecule has 2 rings (SSSR count). The minimum absolute atomic E-state index is 0.547. The van der Waals surface area contributed by atoms with Gasteiger partial charge in [0.2, 0.25) is 0 Å². The molecular formula is C11H15N5. The molecule has 5 nitrogen and oxygen atoms in total. The van der Waals surface area contributed by atoms with Gasteiger partial charge in [0, 0.05) is 6.42 Å². The lowest BCUT2D eigenvalue weighted by molar-refractivity contribution is 0.750. The molecule has 0 spiro atoms. The van der Waals surface area contributed by atoms with Crippen molar-refractivity contribution in [3.8, 4) is 5.69 Å². The molecule has 2 N–H and O–H groups in total. The third-order valence-electron chi connectivity index (χ3n) is 2.49. The number of hydrogen-bond donors (Lipinski definition) is 1. The first-order valence-electron chi connectivity index (χ1n) is 5.27. The molecule has 0 saturated carbocycles. The van der Waals surface area contributed by atoms with Gasteiger partial charge in [0.05, 0.1) is 5.69 Å². The Morgan fingerprint density at radius 2 is 2.12 bits per heavy atom. The lowest BCUT2D eigenvalue weighted by Gasteiger charge is -2.08. The van der Waals surface area contributed by atoms with Crippen LogP contribution < -0.4 is 5.73 Å². The maximum Gasteiger partial charge on any atom is 0.157 e. The van der Waals surface area contributed by atoms with Crippen LogP contribution in [0.3, 0.4) is 0 Å². The van der Waals surface area contributed by atoms with E-state index >= 15 is 0 Å². The summed E-state index contributed by atoms with van der Waals surface area (Å²) in [6, 6.07) is 6.22. The molecule has 0 fully saturated rings. The standard InChI is InChI=1S/C11H15N5/c1-8-3-4-9(2)10(7-8)16-11(5-6-12)13-14-15-16/h3-4,7H,5-6,12H2,1-2H3. The first-order chi connectivity index (χ1) is 7.72. The lowest BCUT2D eigenvalue weighted by Crippen LogP contribution is -2.10. The Bertz CT molecular complexity index is 489. The van der Waals surface area contributed by atoms with Crippen molar-refractivity contribution in [1.29, 1.82) is 0 Å². The Morgan fingerprint density at radius 1 is 1.31 bits per heavy atom. The molecule has 0 aliphatic rings. The monoisotopic (exact) mass is 217 g/mol. The fourth-order valence-electron chi connectivity index (χ4n) is 1.63. The summed E-state index contributed by atoms with van der Waals surface area (Å²) in [5.74, 6) is 0.802. The van der Waals surface area contributed by atoms with E-state index < -0.39 is 0 Å². The van der Waals surface area contributed by atoms with Crippen LogP contribution in [0.25, 0.3) is 5.69 Å². The van der Waals surface area contributed by atoms with Gasteiger partial charge in [-0.25, -0.2) is 0 Å². The molecule has 0 amide bonds. The normalized spacial score (nSPS) is 10.7. The fraction of sp³-hybridized carbons (Fsp3) is 0.364. The number of rotatable bonds is 3. The third kappa shape index (κ3) is 1.94. The van der Waals surface area contributed by atoms with E-state index in [4.69, 9.17) is 5.73 Å². The highest BCUT2D eigenvalue weighted by molar-refractivity contribution is 5.42. The van der Waals surface area contributed by atoms with Crippen LogP contribution in [0.1, 0.15) is 17.0 Å². The Balaban J connectivity index is 2.49. The highest BCUT2D eigenvalue weighted by Gasteiger charge is 2.09. The molecule has 0 aliphatic heterocycles. The average molecular weight is 217 g/mol. The van der Waals surface area contributed by atoms with Crippen LogP contribution in [0, 0.1) is 13.8 Å². The highest BCUT2D eigenvalue weighted by atomic mass is 15.5. The largest absolute Gasteiger partial charge is 0.330 e. The number of aromatic nitrogens is 4. The molecule has 1 aromatic heterocycles. The van der Waals surface area contributed by atoms with Crippen LogP contribution in [0.2, 0.25) is 0 Å². The molecule has 0 aliphatic carbocycles. The smallest absolute Gasteiger partial charge is 0.157 e. The summed E-state index contributed by atoms with van der Waals surface area (Å²) in [6.45, 7) is 4.64. The predicted octanol–water partition coefficient (Wildman–Crippen LogP) is 0.780. The van der Waals surface area contributed by atoms with Gasteiger partial charge >= 0.3 is 0 Å². The Labute approximate surface area is 94.3 Å². The van der Waals surface area contributed by atoms with Gasteiger partial charge in [0.1, 0.15) is 0 Å². The van der Waals surface area contributed by atoms with E-state index in [1.807, 2.05) is 6.92 Å². The Hall–Kier alpha value is -1.75. The average Bonchev–Trinajstić information content (AvgIpc) is 2.70. The van der Waals surface area contributed by atoms with Crippen molar-refractivity contribution in [2.24, 2.45) is 5.73 Å². The number of nitrogens with two attached hydrogens (primary N) is 1. The van der Waals surface area contributed by atoms with E-state index in [1.54, 1.807) is 4.68 Å². The Kier molecular flexibility index (Phi) is 2.96. The van der Waals surface area contributed by atoms with Gasteiger partial charge in [-0.3, -0.25) is 0 Å². The second-order valence-corrected chi connectivity index (χ2v) is 3.84. The molecule has 0 radical (unpaired) electrons. The molecule has 0 unspecified atom stereocenters. The molecule has 0 bridgehead atoms. The van der Waals surface area contributed by atoms with Gasteiger partial charge in [0.25, 0.3) is 0 Å². The van der Waals surface area contributed by atoms with Gasteiger partial charge in [-0.15, -0.1) is 5.10 Å². The minimum atomic E-state index is 0.547. The fourth-order valence-corrected chi connectivity index (χ4v) is 1.63. The van der Waals surface area contributed by atoms with Crippen molar-refractivity contribution < 1.29 is 0 Å². The molecule has 0 atom stereocenters. The van der Waals surface area contributed by atoms with Crippen LogP contribution in [-0.4, -0.2) is 26.8 Å². The van der Waals surface area contributed by atoms with Crippen LogP contribution >= 0.6 is 0 Å². The molecular weight excluding hydrogens is 202 g/mol. The van der Waals surface area contributed by atoms with Crippen molar-refractivity contribution >= 4 is 0 Å². The number of aryl methyl sites for hydroxylation is 2. The van der Waals surface area contributed by atoms with Gasteiger partial charge < -0.3 is 5.73 Å². The topological polar surface area (TPSA) is 69.6 Å². The number of benzene rings is 1. The summed E-state index contributed by atoms with van der Waals surface area (Å²) in [5, 5.41) is 11.7. The quantitative estimate of drug-likeness (QED) is 0.824. The van der Waals surface area contributed by atoms with E-state index in [-0.39, 0.29) is 0 Å². The molecule has 2 aromatic rings. The summed E-state index contributed by atoms with van der Waals surface area (Å²) in [5.41, 5.74) is 8.89. The maximum absolute atomic E-state index is 5.53. The van der Waals surface area contributed by atoms with Gasteiger partial charge in [-0.05, 0) is 48.0 Å². The van der Waals surface area contributed by atoms with Crippen LogP contribution in [0.4, 0.5) is 0 Å². The zero-order valence-electron chi connectivity index (χ0n) is 9.51. The number of hydrogen-bond acceptors (Lipinski definition) is 4. The first kappa shape index (κ1) is 10.8. The number of nitrogens with zero attached hydrogens (tertiary/aromatic N) is 4. The Morgan fingerprint density at radius 3 is 2.88 bits per heavy atom. The highest BCUT2D eigenvalue weighted by Crippen LogP contribution is 2.15. The predicted molar refractivity (Wildman–Crippen MR) is 61.4 cm³/mol. The molecule has 1 heterocycles. The van der Waals surface area contributed by atoms with E-state index in [9.17, 15) is 0 Å². The van der Waals surface area contributed by atoms with Gasteiger partial charge in [0.15, 0.2) is 5.82 Å². The van der Waals surface area contributed by atoms with Gasteiger partial charge in [-0.1, -0.05) is 12.1 Å². The van der Waals surface area contributed by atoms with Crippen molar-refractivity contribution in [1.82, 2.24) is 20.2 Å². The summed E-state index contributed by atoms with van der Waals surface area (Å²) in [4.78, 5) is 0. The van der Waals surface area contributed by atoms with Crippen molar-refractivity contribution in [3.63, 3.8) is 0 Å². The van der Waals surface area contributed by atoms with E-state index in [0.29, 0.717) is 13.0 Å². The van der Waals surface area contributed by atoms with Crippen LogP contribution in [0.5, 0.6) is 0 Å². The van der Waals surface area contributed by atoms with Crippen LogP contribution in [-0.2, 0) is 6.42 Å². The SMILES string of the molecule is Cc1ccc(C)c(-n2nnnc2CCN)c1. The zero-order chi connectivity index (χ0) is 11.5. The van der Waals surface area contributed by atoms with E-state index in [0.717, 1.165) is 17.1 Å². The van der Waals surface area contributed by atoms with Crippen LogP contribution in [0.15, 0.2) is 18.2 Å². The van der Waals surface area contributed by atoms with E-state index in [2.05, 4.69) is 40.6 Å². The first-order valence-corrected chi connectivity index (χ1v) is 5.27. The minimum Gasteiger partial charge on any atom is -0.330 e. The van der Waals surface area contributed by atoms with Gasteiger partial charge in [-0.2, -0.15) is 4.68 Å². The van der Waals surface area contributed by atoms with Crippen molar-refractivity contribution in [2.45, 2.75) is 20.3 Å². The summed E-state index contributed by atoms with van der Waals surface area (Å²) in [7, 11) is 0. The second kappa shape index (κ2) is 4.40. The summed E-state index contributed by atoms with van der Waals surface area (Å²) >= 11 is 0.